The summed E-state index contributed by atoms with van der Waals surface area (Å²) in [5.41, 5.74) is 3.71. The number of rotatable bonds is 4. The third-order valence-electron chi connectivity index (χ3n) is 4.30. The molecule has 0 fully saturated rings. The monoisotopic (exact) mass is 338 g/mol. The molecule has 0 unspecified atom stereocenters. The predicted molar refractivity (Wildman–Crippen MR) is 89.2 cm³/mol. The van der Waals surface area contributed by atoms with E-state index in [1.807, 2.05) is 17.8 Å². The van der Waals surface area contributed by atoms with E-state index in [0.717, 1.165) is 41.0 Å². The van der Waals surface area contributed by atoms with E-state index in [1.165, 1.54) is 0 Å². The fraction of sp³-hybridized carbons (Fsp3) is 0.333. The van der Waals surface area contributed by atoms with Crippen LogP contribution in [0.1, 0.15) is 40.2 Å². The molecule has 0 bridgehead atoms. The Hall–Kier alpha value is -2.96. The number of esters is 1. The minimum atomic E-state index is -0.423. The Balaban J connectivity index is 1.70. The van der Waals surface area contributed by atoms with Crippen molar-refractivity contribution >= 4 is 5.97 Å². The molecule has 0 N–H and O–H groups in total. The van der Waals surface area contributed by atoms with E-state index in [2.05, 4.69) is 9.97 Å². The standard InChI is InChI=1S/C18H18N4O3/c1-3-24-18(23)17-11(2)15-13(25-17)6-5-12-9-22(21-16(12)15)10-14-19-7-4-8-20-14/h4,7-9H,3,5-6,10H2,1-2H3. The molecule has 0 saturated heterocycles. The summed E-state index contributed by atoms with van der Waals surface area (Å²) in [6.07, 6.45) is 7.03. The molecule has 3 heterocycles. The summed E-state index contributed by atoms with van der Waals surface area (Å²) in [6, 6.07) is 1.79. The number of aryl methyl sites for hydroxylation is 2. The van der Waals surface area contributed by atoms with Gasteiger partial charge in [-0.2, -0.15) is 5.10 Å². The highest BCUT2D eigenvalue weighted by Gasteiger charge is 2.30. The fourth-order valence-corrected chi connectivity index (χ4v) is 3.19. The van der Waals surface area contributed by atoms with Gasteiger partial charge in [0.15, 0.2) is 0 Å². The van der Waals surface area contributed by atoms with Gasteiger partial charge in [-0.05, 0) is 31.9 Å². The lowest BCUT2D eigenvalue weighted by Crippen LogP contribution is -2.05. The molecule has 0 radical (unpaired) electrons. The fourth-order valence-electron chi connectivity index (χ4n) is 3.19. The quantitative estimate of drug-likeness (QED) is 0.680. The molecular formula is C18H18N4O3. The van der Waals surface area contributed by atoms with Gasteiger partial charge in [0.25, 0.3) is 0 Å². The number of hydrogen-bond acceptors (Lipinski definition) is 6. The highest BCUT2D eigenvalue weighted by molar-refractivity contribution is 5.91. The largest absolute Gasteiger partial charge is 0.460 e. The molecule has 3 aromatic heterocycles. The minimum Gasteiger partial charge on any atom is -0.460 e. The molecule has 1 aliphatic carbocycles. The molecule has 0 saturated carbocycles. The zero-order chi connectivity index (χ0) is 17.4. The number of aromatic nitrogens is 4. The molecule has 3 aromatic rings. The first-order valence-corrected chi connectivity index (χ1v) is 8.29. The average Bonchev–Trinajstić information content (AvgIpc) is 3.16. The Labute approximate surface area is 144 Å². The van der Waals surface area contributed by atoms with Crippen molar-refractivity contribution in [2.24, 2.45) is 0 Å². The first-order valence-electron chi connectivity index (χ1n) is 8.29. The van der Waals surface area contributed by atoms with E-state index in [0.29, 0.717) is 19.0 Å². The number of hydrogen-bond donors (Lipinski definition) is 0. The number of nitrogens with zero attached hydrogens (tertiary/aromatic N) is 4. The van der Waals surface area contributed by atoms with Crippen LogP contribution in [-0.2, 0) is 24.1 Å². The third-order valence-corrected chi connectivity index (χ3v) is 4.30. The summed E-state index contributed by atoms with van der Waals surface area (Å²) < 4.78 is 12.7. The molecule has 0 atom stereocenters. The molecule has 128 valence electrons. The van der Waals surface area contributed by atoms with Crippen LogP contribution in [0.15, 0.2) is 29.1 Å². The number of ether oxygens (including phenoxy) is 1. The molecular weight excluding hydrogens is 320 g/mol. The van der Waals surface area contributed by atoms with Gasteiger partial charge in [-0.1, -0.05) is 0 Å². The highest BCUT2D eigenvalue weighted by atomic mass is 16.5. The van der Waals surface area contributed by atoms with Crippen LogP contribution in [0.25, 0.3) is 11.3 Å². The van der Waals surface area contributed by atoms with Crippen LogP contribution in [0, 0.1) is 6.92 Å². The maximum atomic E-state index is 12.1. The molecule has 4 rings (SSSR count). The Kier molecular flexibility index (Phi) is 3.83. The molecule has 0 spiro atoms. The molecule has 0 aromatic carbocycles. The first kappa shape index (κ1) is 15.6. The molecule has 25 heavy (non-hydrogen) atoms. The van der Waals surface area contributed by atoms with Gasteiger partial charge < -0.3 is 9.15 Å². The van der Waals surface area contributed by atoms with E-state index in [-0.39, 0.29) is 5.76 Å². The van der Waals surface area contributed by atoms with Gasteiger partial charge in [0.2, 0.25) is 5.76 Å². The summed E-state index contributed by atoms with van der Waals surface area (Å²) in [5, 5.41) is 4.69. The lowest BCUT2D eigenvalue weighted by molar-refractivity contribution is 0.0487. The van der Waals surface area contributed by atoms with Crippen LogP contribution in [0.4, 0.5) is 0 Å². The van der Waals surface area contributed by atoms with Gasteiger partial charge in [0, 0.05) is 36.1 Å². The molecule has 7 heteroatoms. The SMILES string of the molecule is CCOC(=O)c1oc2c(c1C)-c1nn(Cc3ncccn3)cc1CC2. The van der Waals surface area contributed by atoms with Crippen molar-refractivity contribution in [3.8, 4) is 11.3 Å². The number of furan rings is 1. The Morgan fingerprint density at radius 3 is 2.88 bits per heavy atom. The normalized spacial score (nSPS) is 12.6. The molecule has 0 amide bonds. The summed E-state index contributed by atoms with van der Waals surface area (Å²) >= 11 is 0. The van der Waals surface area contributed by atoms with Crippen LogP contribution in [0.5, 0.6) is 0 Å². The second-order valence-corrected chi connectivity index (χ2v) is 5.94. The van der Waals surface area contributed by atoms with Crippen molar-refractivity contribution in [2.75, 3.05) is 6.61 Å². The predicted octanol–water partition coefficient (Wildman–Crippen LogP) is 2.57. The van der Waals surface area contributed by atoms with Crippen molar-refractivity contribution in [3.05, 3.63) is 53.1 Å². The highest BCUT2D eigenvalue weighted by Crippen LogP contribution is 2.38. The van der Waals surface area contributed by atoms with Crippen molar-refractivity contribution in [3.63, 3.8) is 0 Å². The summed E-state index contributed by atoms with van der Waals surface area (Å²) in [6.45, 7) is 4.48. The van der Waals surface area contributed by atoms with Gasteiger partial charge >= 0.3 is 5.97 Å². The minimum absolute atomic E-state index is 0.278. The lowest BCUT2D eigenvalue weighted by Gasteiger charge is -2.09. The van der Waals surface area contributed by atoms with Crippen molar-refractivity contribution in [1.29, 1.82) is 0 Å². The van der Waals surface area contributed by atoms with Crippen LogP contribution in [-0.4, -0.2) is 32.3 Å². The summed E-state index contributed by atoms with van der Waals surface area (Å²) in [7, 11) is 0. The van der Waals surface area contributed by atoms with E-state index in [1.54, 1.807) is 25.4 Å². The van der Waals surface area contributed by atoms with Gasteiger partial charge in [-0.3, -0.25) is 4.68 Å². The molecule has 0 aliphatic heterocycles. The second kappa shape index (κ2) is 6.16. The van der Waals surface area contributed by atoms with Crippen molar-refractivity contribution < 1.29 is 13.9 Å². The zero-order valence-corrected chi connectivity index (χ0v) is 14.2. The van der Waals surface area contributed by atoms with Crippen LogP contribution >= 0.6 is 0 Å². The lowest BCUT2D eigenvalue weighted by atomic mass is 9.94. The summed E-state index contributed by atoms with van der Waals surface area (Å²) in [4.78, 5) is 20.6. The smallest absolute Gasteiger partial charge is 0.374 e. The third kappa shape index (κ3) is 2.71. The average molecular weight is 338 g/mol. The Bertz CT molecular complexity index is 927. The maximum Gasteiger partial charge on any atom is 0.374 e. The second-order valence-electron chi connectivity index (χ2n) is 5.94. The number of fused-ring (bicyclic) bond motifs is 3. The van der Waals surface area contributed by atoms with Crippen LogP contribution in [0.2, 0.25) is 0 Å². The molecule has 1 aliphatic rings. The maximum absolute atomic E-state index is 12.1. The van der Waals surface area contributed by atoms with Gasteiger partial charge in [-0.15, -0.1) is 0 Å². The number of carbonyl (C=O) groups excluding carboxylic acids is 1. The van der Waals surface area contributed by atoms with Crippen molar-refractivity contribution in [2.45, 2.75) is 33.2 Å². The van der Waals surface area contributed by atoms with E-state index in [4.69, 9.17) is 14.3 Å². The molecule has 7 nitrogen and oxygen atoms in total. The first-order chi connectivity index (χ1) is 12.2. The Morgan fingerprint density at radius 2 is 2.12 bits per heavy atom. The zero-order valence-electron chi connectivity index (χ0n) is 14.2. The van der Waals surface area contributed by atoms with E-state index >= 15 is 0 Å². The topological polar surface area (TPSA) is 83.0 Å². The van der Waals surface area contributed by atoms with Gasteiger partial charge in [-0.25, -0.2) is 14.8 Å². The Morgan fingerprint density at radius 1 is 1.32 bits per heavy atom. The van der Waals surface area contributed by atoms with Gasteiger partial charge in [0.1, 0.15) is 18.1 Å². The van der Waals surface area contributed by atoms with E-state index in [9.17, 15) is 4.79 Å². The van der Waals surface area contributed by atoms with Crippen molar-refractivity contribution in [1.82, 2.24) is 19.7 Å². The van der Waals surface area contributed by atoms with E-state index < -0.39 is 5.97 Å². The van der Waals surface area contributed by atoms with Crippen LogP contribution in [0.3, 0.4) is 0 Å². The van der Waals surface area contributed by atoms with Crippen LogP contribution < -0.4 is 0 Å². The summed E-state index contributed by atoms with van der Waals surface area (Å²) in [5.74, 6) is 1.36. The number of carbonyl (C=O) groups is 1. The van der Waals surface area contributed by atoms with Gasteiger partial charge in [0.05, 0.1) is 12.3 Å².